The molecule has 3 aliphatic rings. The second kappa shape index (κ2) is 10.3. The maximum atomic E-state index is 14.8. The first kappa shape index (κ1) is 27.8. The van der Waals surface area contributed by atoms with Crippen LogP contribution in [0.1, 0.15) is 42.3 Å². The Kier molecular flexibility index (Phi) is 6.66. The van der Waals surface area contributed by atoms with Crippen molar-refractivity contribution in [3.8, 4) is 0 Å². The molecule has 0 unspecified atom stereocenters. The SMILES string of the molecule is CC(=O)OC[C@@]12OC(C)(C)O[C@@H]1[C@@H](COCc1ccccc1)O[C@H]2[C@]1(c2c[nH]c3ccccc23)Nc2ccccc2C1=O. The first-order valence-corrected chi connectivity index (χ1v) is 14.5. The number of benzene rings is 3. The Morgan fingerprint density at radius 2 is 1.72 bits per heavy atom. The summed E-state index contributed by atoms with van der Waals surface area (Å²) in [5, 5.41) is 4.44. The molecule has 0 spiro atoms. The second-order valence-electron chi connectivity index (χ2n) is 11.9. The number of para-hydroxylation sites is 2. The third-order valence-corrected chi connectivity index (χ3v) is 8.58. The van der Waals surface area contributed by atoms with E-state index in [-0.39, 0.29) is 19.0 Å². The first-order chi connectivity index (χ1) is 20.7. The molecule has 43 heavy (non-hydrogen) atoms. The van der Waals surface area contributed by atoms with Crippen molar-refractivity contribution in [2.75, 3.05) is 18.5 Å². The lowest BCUT2D eigenvalue weighted by atomic mass is 9.73. The lowest BCUT2D eigenvalue weighted by Gasteiger charge is -2.42. The summed E-state index contributed by atoms with van der Waals surface area (Å²) in [6.07, 6.45) is -0.468. The number of fused-ring (bicyclic) bond motifs is 3. The molecule has 3 aromatic carbocycles. The van der Waals surface area contributed by atoms with Crippen molar-refractivity contribution in [1.82, 2.24) is 4.98 Å². The number of rotatable bonds is 8. The maximum absolute atomic E-state index is 14.8. The van der Waals surface area contributed by atoms with Crippen molar-refractivity contribution in [1.29, 1.82) is 0 Å². The molecule has 0 radical (unpaired) electrons. The molecule has 9 heteroatoms. The van der Waals surface area contributed by atoms with Crippen molar-refractivity contribution in [3.05, 3.63) is 102 Å². The van der Waals surface area contributed by atoms with Crippen LogP contribution >= 0.6 is 0 Å². The van der Waals surface area contributed by atoms with Gasteiger partial charge in [-0.05, 0) is 37.6 Å². The molecule has 2 N–H and O–H groups in total. The van der Waals surface area contributed by atoms with E-state index in [2.05, 4.69) is 10.3 Å². The van der Waals surface area contributed by atoms with Crippen LogP contribution in [0.5, 0.6) is 0 Å². The van der Waals surface area contributed by atoms with E-state index in [1.807, 2.05) is 98.9 Å². The van der Waals surface area contributed by atoms with Gasteiger partial charge in [0.15, 0.2) is 22.7 Å². The van der Waals surface area contributed by atoms with Crippen LogP contribution < -0.4 is 5.32 Å². The van der Waals surface area contributed by atoms with Crippen LogP contribution in [0.25, 0.3) is 10.9 Å². The zero-order chi connectivity index (χ0) is 29.8. The van der Waals surface area contributed by atoms with E-state index < -0.39 is 41.2 Å². The van der Waals surface area contributed by atoms with E-state index >= 15 is 0 Å². The van der Waals surface area contributed by atoms with Gasteiger partial charge in [0.1, 0.15) is 24.9 Å². The normalized spacial score (nSPS) is 28.9. The molecule has 0 bridgehead atoms. The average molecular weight is 583 g/mol. The van der Waals surface area contributed by atoms with E-state index in [1.165, 1.54) is 6.92 Å². The molecule has 0 saturated carbocycles. The maximum Gasteiger partial charge on any atom is 0.302 e. The molecule has 1 aromatic heterocycles. The van der Waals surface area contributed by atoms with Gasteiger partial charge in [-0.2, -0.15) is 0 Å². The van der Waals surface area contributed by atoms with Gasteiger partial charge in [0.25, 0.3) is 0 Å². The lowest BCUT2D eigenvalue weighted by Crippen LogP contribution is -2.63. The van der Waals surface area contributed by atoms with Crippen molar-refractivity contribution in [2.24, 2.45) is 0 Å². The highest BCUT2D eigenvalue weighted by Crippen LogP contribution is 2.56. The van der Waals surface area contributed by atoms with Crippen LogP contribution in [0.2, 0.25) is 0 Å². The van der Waals surface area contributed by atoms with Crippen LogP contribution in [0.15, 0.2) is 85.1 Å². The number of esters is 1. The number of Topliss-reactive ketones (excluding diaryl/α,β-unsaturated/α-hetero) is 1. The minimum absolute atomic E-state index is 0.169. The summed E-state index contributed by atoms with van der Waals surface area (Å²) in [6, 6.07) is 25.1. The Bertz CT molecular complexity index is 1680. The molecule has 9 nitrogen and oxygen atoms in total. The molecule has 4 heterocycles. The van der Waals surface area contributed by atoms with Gasteiger partial charge in [0, 0.05) is 40.8 Å². The van der Waals surface area contributed by atoms with Crippen LogP contribution in [0.3, 0.4) is 0 Å². The predicted molar refractivity (Wildman–Crippen MR) is 159 cm³/mol. The third kappa shape index (κ3) is 4.46. The summed E-state index contributed by atoms with van der Waals surface area (Å²) in [4.78, 5) is 30.4. The van der Waals surface area contributed by atoms with Crippen LogP contribution in [0.4, 0.5) is 5.69 Å². The van der Waals surface area contributed by atoms with Gasteiger partial charge in [0.05, 0.1) is 13.2 Å². The Labute approximate surface area is 249 Å². The molecular weight excluding hydrogens is 548 g/mol. The number of hydrogen-bond acceptors (Lipinski definition) is 8. The number of hydrogen-bond donors (Lipinski definition) is 2. The second-order valence-corrected chi connectivity index (χ2v) is 11.9. The van der Waals surface area contributed by atoms with Gasteiger partial charge >= 0.3 is 5.97 Å². The summed E-state index contributed by atoms with van der Waals surface area (Å²) in [5.74, 6) is -1.70. The standard InChI is InChI=1S/C34H34N2O7/c1-21(37)40-20-33-30(42-32(2,3)43-33)28(19-39-18-22-11-5-4-6-12-22)41-31(33)34(25-17-35-26-15-9-7-13-23(25)26)29(38)24-14-8-10-16-27(24)36-34/h4-17,28,30-31,35-36H,18-20H2,1-3H3/t28-,30-,31-,33-,34-/m1/s1. The zero-order valence-electron chi connectivity index (χ0n) is 24.3. The van der Waals surface area contributed by atoms with E-state index in [0.29, 0.717) is 23.4 Å². The third-order valence-electron chi connectivity index (χ3n) is 8.58. The highest BCUT2D eigenvalue weighted by atomic mass is 16.8. The number of aromatic amines is 1. The number of carbonyl (C=O) groups excluding carboxylic acids is 2. The molecule has 2 saturated heterocycles. The molecule has 7 rings (SSSR count). The lowest BCUT2D eigenvalue weighted by molar-refractivity contribution is -0.223. The molecule has 0 amide bonds. The largest absolute Gasteiger partial charge is 0.463 e. The van der Waals surface area contributed by atoms with Crippen LogP contribution in [-0.4, -0.2) is 59.7 Å². The first-order valence-electron chi connectivity index (χ1n) is 14.5. The molecular formula is C34H34N2O7. The highest BCUT2D eigenvalue weighted by molar-refractivity contribution is 6.16. The van der Waals surface area contributed by atoms with Crippen molar-refractivity contribution >= 4 is 28.3 Å². The zero-order valence-corrected chi connectivity index (χ0v) is 24.3. The Hall–Kier alpha value is -4.02. The molecule has 4 aromatic rings. The quantitative estimate of drug-likeness (QED) is 0.276. The molecule has 5 atom stereocenters. The molecule has 222 valence electrons. The summed E-state index contributed by atoms with van der Waals surface area (Å²) >= 11 is 0. The van der Waals surface area contributed by atoms with Crippen LogP contribution in [0, 0.1) is 0 Å². The van der Waals surface area contributed by atoms with Crippen molar-refractivity contribution in [3.63, 3.8) is 0 Å². The fraction of sp³-hybridized carbons (Fsp3) is 0.353. The monoisotopic (exact) mass is 582 g/mol. The molecule has 2 fully saturated rings. The van der Waals surface area contributed by atoms with E-state index in [1.54, 1.807) is 0 Å². The van der Waals surface area contributed by atoms with E-state index in [4.69, 9.17) is 23.7 Å². The summed E-state index contributed by atoms with van der Waals surface area (Å²) < 4.78 is 32.0. The summed E-state index contributed by atoms with van der Waals surface area (Å²) in [6.45, 7) is 5.35. The molecule has 0 aliphatic carbocycles. The number of ketones is 1. The van der Waals surface area contributed by atoms with Crippen molar-refractivity contribution < 1.29 is 33.3 Å². The van der Waals surface area contributed by atoms with Crippen LogP contribution in [-0.2, 0) is 40.6 Å². The fourth-order valence-corrected chi connectivity index (χ4v) is 6.95. The Morgan fingerprint density at radius 3 is 2.51 bits per heavy atom. The number of H-pyrrole nitrogens is 1. The highest BCUT2D eigenvalue weighted by Gasteiger charge is 2.74. The van der Waals surface area contributed by atoms with Crippen molar-refractivity contribution in [2.45, 2.75) is 62.6 Å². The minimum atomic E-state index is -1.44. The summed E-state index contributed by atoms with van der Waals surface area (Å²) in [7, 11) is 0. The average Bonchev–Trinajstić information content (AvgIpc) is 3.71. The number of anilines is 1. The van der Waals surface area contributed by atoms with Gasteiger partial charge in [-0.1, -0.05) is 60.7 Å². The number of aromatic nitrogens is 1. The van der Waals surface area contributed by atoms with Gasteiger partial charge in [0.2, 0.25) is 0 Å². The van der Waals surface area contributed by atoms with E-state index in [0.717, 1.165) is 16.5 Å². The number of carbonyl (C=O) groups is 2. The topological polar surface area (TPSA) is 108 Å². The fourth-order valence-electron chi connectivity index (χ4n) is 6.95. The minimum Gasteiger partial charge on any atom is -0.463 e. The Morgan fingerprint density at radius 1 is 0.977 bits per heavy atom. The van der Waals surface area contributed by atoms with Gasteiger partial charge in [-0.15, -0.1) is 0 Å². The Balaban J connectivity index is 1.37. The summed E-state index contributed by atoms with van der Waals surface area (Å²) in [5.41, 5.74) is 1.02. The smallest absolute Gasteiger partial charge is 0.302 e. The van der Waals surface area contributed by atoms with Gasteiger partial charge in [-0.25, -0.2) is 0 Å². The number of ether oxygens (including phenoxy) is 5. The predicted octanol–water partition coefficient (Wildman–Crippen LogP) is 5.11. The van der Waals surface area contributed by atoms with Gasteiger partial charge < -0.3 is 34.0 Å². The van der Waals surface area contributed by atoms with Gasteiger partial charge in [-0.3, -0.25) is 9.59 Å². The molecule has 3 aliphatic heterocycles. The number of nitrogens with one attached hydrogen (secondary N) is 2. The van der Waals surface area contributed by atoms with E-state index in [9.17, 15) is 9.59 Å².